The first-order valence-corrected chi connectivity index (χ1v) is 4.81. The van der Waals surface area contributed by atoms with Crippen molar-refractivity contribution in [3.05, 3.63) is 35.5 Å². The third kappa shape index (κ3) is 3.46. The van der Waals surface area contributed by atoms with E-state index in [0.717, 1.165) is 16.9 Å². The maximum Gasteiger partial charge on any atom is 0.154 e. The van der Waals surface area contributed by atoms with Crippen LogP contribution in [-0.2, 0) is 4.79 Å². The van der Waals surface area contributed by atoms with Crippen molar-refractivity contribution in [2.45, 2.75) is 20.8 Å². The van der Waals surface area contributed by atoms with Gasteiger partial charge in [0.15, 0.2) is 5.78 Å². The molecule has 0 radical (unpaired) electrons. The average molecular weight is 204 g/mol. The summed E-state index contributed by atoms with van der Waals surface area (Å²) in [6.45, 7) is 5.34. The van der Waals surface area contributed by atoms with Crippen molar-refractivity contribution >= 4 is 17.2 Å². The predicted molar refractivity (Wildman–Crippen MR) is 63.7 cm³/mol. The number of anilines is 2. The first-order chi connectivity index (χ1) is 6.99. The Morgan fingerprint density at radius 3 is 2.60 bits per heavy atom. The molecule has 0 fully saturated rings. The van der Waals surface area contributed by atoms with Crippen LogP contribution in [0.25, 0.3) is 0 Å². The van der Waals surface area contributed by atoms with Crippen molar-refractivity contribution in [3.8, 4) is 0 Å². The standard InChI is InChI=1S/C12H16N2O/c1-8-4-5-12(11(13)6-8)14-9(2)7-10(3)15/h4-7,14H,13H2,1-3H3/b9-7-. The van der Waals surface area contributed by atoms with Gasteiger partial charge in [-0.2, -0.15) is 0 Å². The molecule has 0 aliphatic carbocycles. The zero-order chi connectivity index (χ0) is 11.4. The molecule has 0 aromatic heterocycles. The molecule has 3 nitrogen and oxygen atoms in total. The average Bonchev–Trinajstić information content (AvgIpc) is 2.08. The van der Waals surface area contributed by atoms with Crippen molar-refractivity contribution < 1.29 is 4.79 Å². The number of hydrogen-bond donors (Lipinski definition) is 2. The van der Waals surface area contributed by atoms with Gasteiger partial charge in [-0.25, -0.2) is 0 Å². The summed E-state index contributed by atoms with van der Waals surface area (Å²) in [4.78, 5) is 10.8. The van der Waals surface area contributed by atoms with Crippen molar-refractivity contribution in [1.82, 2.24) is 0 Å². The van der Waals surface area contributed by atoms with Crippen molar-refractivity contribution in [2.24, 2.45) is 0 Å². The quantitative estimate of drug-likeness (QED) is 0.587. The van der Waals surface area contributed by atoms with E-state index in [1.807, 2.05) is 32.0 Å². The third-order valence-corrected chi connectivity index (χ3v) is 1.96. The van der Waals surface area contributed by atoms with Crippen LogP contribution < -0.4 is 11.1 Å². The van der Waals surface area contributed by atoms with Crippen LogP contribution in [0.1, 0.15) is 19.4 Å². The fourth-order valence-corrected chi connectivity index (χ4v) is 1.35. The molecule has 0 saturated heterocycles. The molecule has 1 aromatic rings. The molecule has 0 bridgehead atoms. The van der Waals surface area contributed by atoms with Crippen LogP contribution in [-0.4, -0.2) is 5.78 Å². The fraction of sp³-hybridized carbons (Fsp3) is 0.250. The largest absolute Gasteiger partial charge is 0.397 e. The van der Waals surface area contributed by atoms with E-state index in [1.165, 1.54) is 6.92 Å². The predicted octanol–water partition coefficient (Wildman–Crippen LogP) is 2.48. The number of allylic oxidation sites excluding steroid dienone is 2. The highest BCUT2D eigenvalue weighted by atomic mass is 16.1. The monoisotopic (exact) mass is 204 g/mol. The number of rotatable bonds is 3. The lowest BCUT2D eigenvalue weighted by molar-refractivity contribution is -0.112. The van der Waals surface area contributed by atoms with Gasteiger partial charge in [0.2, 0.25) is 0 Å². The van der Waals surface area contributed by atoms with Crippen LogP contribution in [0.3, 0.4) is 0 Å². The molecule has 0 unspecified atom stereocenters. The summed E-state index contributed by atoms with van der Waals surface area (Å²) in [5.41, 5.74) is 9.25. The van der Waals surface area contributed by atoms with E-state index < -0.39 is 0 Å². The van der Waals surface area contributed by atoms with Gasteiger partial charge in [0.05, 0.1) is 11.4 Å². The summed E-state index contributed by atoms with van der Waals surface area (Å²) >= 11 is 0. The molecule has 0 amide bonds. The summed E-state index contributed by atoms with van der Waals surface area (Å²) in [5.74, 6) is 0.0192. The second-order valence-corrected chi connectivity index (χ2v) is 3.65. The van der Waals surface area contributed by atoms with E-state index in [1.54, 1.807) is 6.08 Å². The molecule has 3 N–H and O–H groups in total. The molecule has 80 valence electrons. The first-order valence-electron chi connectivity index (χ1n) is 4.81. The van der Waals surface area contributed by atoms with Gasteiger partial charge >= 0.3 is 0 Å². The highest BCUT2D eigenvalue weighted by molar-refractivity contribution is 5.88. The molecule has 0 saturated carbocycles. The number of nitrogens with two attached hydrogens (primary N) is 1. The van der Waals surface area contributed by atoms with Gasteiger partial charge in [-0.05, 0) is 44.5 Å². The van der Waals surface area contributed by atoms with E-state index in [-0.39, 0.29) is 5.78 Å². The Morgan fingerprint density at radius 1 is 1.40 bits per heavy atom. The molecule has 0 spiro atoms. The first kappa shape index (κ1) is 11.3. The highest BCUT2D eigenvalue weighted by Gasteiger charge is 1.99. The van der Waals surface area contributed by atoms with E-state index in [2.05, 4.69) is 5.32 Å². The lowest BCUT2D eigenvalue weighted by Crippen LogP contribution is -2.01. The Hall–Kier alpha value is -1.77. The number of nitrogen functional groups attached to an aromatic ring is 1. The van der Waals surface area contributed by atoms with Gasteiger partial charge in [-0.1, -0.05) is 6.07 Å². The van der Waals surface area contributed by atoms with Crippen molar-refractivity contribution in [1.29, 1.82) is 0 Å². The minimum Gasteiger partial charge on any atom is -0.397 e. The Bertz CT molecular complexity index is 408. The van der Waals surface area contributed by atoms with Crippen LogP contribution in [0.2, 0.25) is 0 Å². The fourth-order valence-electron chi connectivity index (χ4n) is 1.35. The maximum absolute atomic E-state index is 10.8. The van der Waals surface area contributed by atoms with Crippen LogP contribution in [0.4, 0.5) is 11.4 Å². The van der Waals surface area contributed by atoms with Crippen molar-refractivity contribution in [2.75, 3.05) is 11.1 Å². The summed E-state index contributed by atoms with van der Waals surface area (Å²) in [7, 11) is 0. The molecular formula is C12H16N2O. The zero-order valence-corrected chi connectivity index (χ0v) is 9.29. The zero-order valence-electron chi connectivity index (χ0n) is 9.29. The Balaban J connectivity index is 2.86. The van der Waals surface area contributed by atoms with Crippen molar-refractivity contribution in [3.63, 3.8) is 0 Å². The van der Waals surface area contributed by atoms with Gasteiger partial charge < -0.3 is 11.1 Å². The van der Waals surface area contributed by atoms with Gasteiger partial charge in [0, 0.05) is 5.70 Å². The van der Waals surface area contributed by atoms with E-state index in [4.69, 9.17) is 5.73 Å². The number of carbonyl (C=O) groups excluding carboxylic acids is 1. The molecule has 0 atom stereocenters. The van der Waals surface area contributed by atoms with Crippen LogP contribution in [0.5, 0.6) is 0 Å². The molecule has 0 aliphatic rings. The summed E-state index contributed by atoms with van der Waals surface area (Å²) in [6.07, 6.45) is 1.54. The molecule has 1 aromatic carbocycles. The minimum atomic E-state index is 0.0192. The molecule has 1 rings (SSSR count). The second kappa shape index (κ2) is 4.64. The Morgan fingerprint density at radius 2 is 2.07 bits per heavy atom. The number of hydrogen-bond acceptors (Lipinski definition) is 3. The van der Waals surface area contributed by atoms with E-state index >= 15 is 0 Å². The van der Waals surface area contributed by atoms with E-state index in [9.17, 15) is 4.79 Å². The Kier molecular flexibility index (Phi) is 3.50. The number of carbonyl (C=O) groups is 1. The smallest absolute Gasteiger partial charge is 0.154 e. The van der Waals surface area contributed by atoms with Gasteiger partial charge in [-0.3, -0.25) is 4.79 Å². The number of benzene rings is 1. The minimum absolute atomic E-state index is 0.0192. The molecule has 3 heteroatoms. The molecule has 0 heterocycles. The third-order valence-electron chi connectivity index (χ3n) is 1.96. The highest BCUT2D eigenvalue weighted by Crippen LogP contribution is 2.20. The lowest BCUT2D eigenvalue weighted by atomic mass is 10.2. The lowest BCUT2D eigenvalue weighted by Gasteiger charge is -2.09. The number of ketones is 1. The SMILES string of the molecule is CC(=O)/C=C(/C)Nc1ccc(C)cc1N. The van der Waals surface area contributed by atoms with Gasteiger partial charge in [0.1, 0.15) is 0 Å². The van der Waals surface area contributed by atoms with Crippen LogP contribution in [0.15, 0.2) is 30.0 Å². The van der Waals surface area contributed by atoms with Crippen LogP contribution in [0, 0.1) is 6.92 Å². The molecule has 15 heavy (non-hydrogen) atoms. The van der Waals surface area contributed by atoms with Crippen LogP contribution >= 0.6 is 0 Å². The number of aryl methyl sites for hydroxylation is 1. The Labute approximate surface area is 90.0 Å². The topological polar surface area (TPSA) is 55.1 Å². The van der Waals surface area contributed by atoms with Gasteiger partial charge in [0.25, 0.3) is 0 Å². The van der Waals surface area contributed by atoms with E-state index in [0.29, 0.717) is 5.69 Å². The molecule has 0 aliphatic heterocycles. The summed E-state index contributed by atoms with van der Waals surface area (Å²) in [5, 5.41) is 3.08. The second-order valence-electron chi connectivity index (χ2n) is 3.65. The molecular weight excluding hydrogens is 188 g/mol. The normalized spacial score (nSPS) is 11.3. The summed E-state index contributed by atoms with van der Waals surface area (Å²) in [6, 6.07) is 5.77. The maximum atomic E-state index is 10.8. The summed E-state index contributed by atoms with van der Waals surface area (Å²) < 4.78 is 0. The van der Waals surface area contributed by atoms with Gasteiger partial charge in [-0.15, -0.1) is 0 Å². The number of nitrogens with one attached hydrogen (secondary N) is 1.